The lowest BCUT2D eigenvalue weighted by molar-refractivity contribution is -0.121. The van der Waals surface area contributed by atoms with E-state index in [1.54, 1.807) is 0 Å². The summed E-state index contributed by atoms with van der Waals surface area (Å²) in [6.45, 7) is 11.3. The van der Waals surface area contributed by atoms with Crippen LogP contribution in [0.1, 0.15) is 53.4 Å². The number of ether oxygens (including phenoxy) is 1. The van der Waals surface area contributed by atoms with Crippen molar-refractivity contribution in [1.82, 2.24) is 5.32 Å². The van der Waals surface area contributed by atoms with E-state index in [0.29, 0.717) is 17.4 Å². The zero-order valence-electron chi connectivity index (χ0n) is 11.3. The van der Waals surface area contributed by atoms with Gasteiger partial charge in [0.2, 0.25) is 0 Å². The van der Waals surface area contributed by atoms with Gasteiger partial charge in [0.1, 0.15) is 0 Å². The van der Waals surface area contributed by atoms with Crippen LogP contribution < -0.4 is 5.32 Å². The van der Waals surface area contributed by atoms with E-state index < -0.39 is 0 Å². The molecule has 1 spiro atoms. The Bertz CT molecular complexity index is 249. The molecule has 1 aliphatic heterocycles. The van der Waals surface area contributed by atoms with Gasteiger partial charge in [-0.15, -0.1) is 0 Å². The standard InChI is InChI=1S/C14H27NO/c1-5-6-12-14(16-8-7-15-12)10-13(3,4)9-11(14)2/h11-12,15H,5-10H2,1-4H3. The van der Waals surface area contributed by atoms with Crippen LogP contribution >= 0.6 is 0 Å². The number of hydrogen-bond donors (Lipinski definition) is 1. The quantitative estimate of drug-likeness (QED) is 0.780. The van der Waals surface area contributed by atoms with Crippen LogP contribution in [0.2, 0.25) is 0 Å². The summed E-state index contributed by atoms with van der Waals surface area (Å²) in [5, 5.41) is 3.70. The Labute approximate surface area is 100 Å². The normalized spacial score (nSPS) is 42.8. The Kier molecular flexibility index (Phi) is 3.33. The van der Waals surface area contributed by atoms with Crippen molar-refractivity contribution >= 4 is 0 Å². The molecule has 0 radical (unpaired) electrons. The molecular weight excluding hydrogens is 198 g/mol. The maximum absolute atomic E-state index is 6.28. The van der Waals surface area contributed by atoms with Gasteiger partial charge in [-0.25, -0.2) is 0 Å². The fraction of sp³-hybridized carbons (Fsp3) is 1.00. The van der Waals surface area contributed by atoms with Crippen molar-refractivity contribution in [2.45, 2.75) is 65.0 Å². The molecule has 2 heteroatoms. The van der Waals surface area contributed by atoms with Crippen LogP contribution in [0, 0.1) is 11.3 Å². The Morgan fingerprint density at radius 1 is 1.38 bits per heavy atom. The van der Waals surface area contributed by atoms with Gasteiger partial charge in [0.05, 0.1) is 12.2 Å². The average molecular weight is 225 g/mol. The summed E-state index contributed by atoms with van der Waals surface area (Å²) in [4.78, 5) is 0. The van der Waals surface area contributed by atoms with E-state index in [1.165, 1.54) is 25.7 Å². The topological polar surface area (TPSA) is 21.3 Å². The van der Waals surface area contributed by atoms with Gasteiger partial charge in [-0.2, -0.15) is 0 Å². The summed E-state index contributed by atoms with van der Waals surface area (Å²) in [5.41, 5.74) is 0.572. The van der Waals surface area contributed by atoms with E-state index in [2.05, 4.69) is 33.0 Å². The Morgan fingerprint density at radius 2 is 2.12 bits per heavy atom. The summed E-state index contributed by atoms with van der Waals surface area (Å²) in [5.74, 6) is 0.687. The molecule has 1 saturated heterocycles. The molecule has 1 aliphatic carbocycles. The highest BCUT2D eigenvalue weighted by Crippen LogP contribution is 2.52. The van der Waals surface area contributed by atoms with Gasteiger partial charge >= 0.3 is 0 Å². The summed E-state index contributed by atoms with van der Waals surface area (Å²) in [6.07, 6.45) is 5.02. The molecular formula is C14H27NO. The molecule has 1 saturated carbocycles. The highest BCUT2D eigenvalue weighted by Gasteiger charge is 2.54. The van der Waals surface area contributed by atoms with Crippen LogP contribution in [-0.2, 0) is 4.74 Å². The van der Waals surface area contributed by atoms with Gasteiger partial charge in [0.15, 0.2) is 0 Å². The summed E-state index contributed by atoms with van der Waals surface area (Å²) < 4.78 is 6.28. The first-order valence-electron chi connectivity index (χ1n) is 6.87. The zero-order valence-corrected chi connectivity index (χ0v) is 11.3. The number of nitrogens with one attached hydrogen (secondary N) is 1. The molecule has 2 rings (SSSR count). The summed E-state index contributed by atoms with van der Waals surface area (Å²) in [6, 6.07) is 0.572. The van der Waals surface area contributed by atoms with Gasteiger partial charge in [0, 0.05) is 12.6 Å². The van der Waals surface area contributed by atoms with Crippen LogP contribution in [0.5, 0.6) is 0 Å². The maximum atomic E-state index is 6.28. The van der Waals surface area contributed by atoms with Gasteiger partial charge in [-0.1, -0.05) is 34.1 Å². The molecule has 1 heterocycles. The second kappa shape index (κ2) is 4.30. The van der Waals surface area contributed by atoms with Crippen molar-refractivity contribution in [3.63, 3.8) is 0 Å². The van der Waals surface area contributed by atoms with Gasteiger partial charge < -0.3 is 10.1 Å². The third-order valence-electron chi connectivity index (χ3n) is 4.48. The fourth-order valence-electron chi connectivity index (χ4n) is 4.04. The first-order valence-corrected chi connectivity index (χ1v) is 6.87. The molecule has 94 valence electrons. The zero-order chi connectivity index (χ0) is 11.8. The van der Waals surface area contributed by atoms with Crippen molar-refractivity contribution in [2.75, 3.05) is 13.2 Å². The number of morpholine rings is 1. The van der Waals surface area contributed by atoms with Crippen LogP contribution in [0.25, 0.3) is 0 Å². The van der Waals surface area contributed by atoms with E-state index in [1.807, 2.05) is 0 Å². The number of hydrogen-bond acceptors (Lipinski definition) is 2. The Hall–Kier alpha value is -0.0800. The molecule has 2 nitrogen and oxygen atoms in total. The predicted molar refractivity (Wildman–Crippen MR) is 67.6 cm³/mol. The largest absolute Gasteiger partial charge is 0.372 e. The molecule has 1 N–H and O–H groups in total. The van der Waals surface area contributed by atoms with Crippen LogP contribution in [0.4, 0.5) is 0 Å². The molecule has 2 fully saturated rings. The third kappa shape index (κ3) is 2.02. The minimum Gasteiger partial charge on any atom is -0.372 e. The lowest BCUT2D eigenvalue weighted by atomic mass is 9.80. The van der Waals surface area contributed by atoms with E-state index in [9.17, 15) is 0 Å². The molecule has 0 amide bonds. The molecule has 16 heavy (non-hydrogen) atoms. The van der Waals surface area contributed by atoms with Gasteiger partial charge in [0.25, 0.3) is 0 Å². The molecule has 0 aromatic rings. The smallest absolute Gasteiger partial charge is 0.0865 e. The first-order chi connectivity index (χ1) is 7.50. The van der Waals surface area contributed by atoms with E-state index in [-0.39, 0.29) is 5.60 Å². The minimum absolute atomic E-state index is 0.123. The van der Waals surface area contributed by atoms with Crippen molar-refractivity contribution < 1.29 is 4.74 Å². The molecule has 3 unspecified atom stereocenters. The van der Waals surface area contributed by atoms with Gasteiger partial charge in [-0.05, 0) is 30.6 Å². The Morgan fingerprint density at radius 3 is 2.69 bits per heavy atom. The molecule has 0 bridgehead atoms. The predicted octanol–water partition coefficient (Wildman–Crippen LogP) is 2.97. The summed E-state index contributed by atoms with van der Waals surface area (Å²) in [7, 11) is 0. The van der Waals surface area contributed by atoms with Crippen molar-refractivity contribution in [1.29, 1.82) is 0 Å². The fourth-order valence-corrected chi connectivity index (χ4v) is 4.04. The highest BCUT2D eigenvalue weighted by atomic mass is 16.5. The average Bonchev–Trinajstić information content (AvgIpc) is 2.41. The van der Waals surface area contributed by atoms with Crippen LogP contribution in [0.3, 0.4) is 0 Å². The SMILES string of the molecule is CCCC1NCCOC12CC(C)(C)CC2C. The van der Waals surface area contributed by atoms with Gasteiger partial charge in [-0.3, -0.25) is 0 Å². The van der Waals surface area contributed by atoms with E-state index >= 15 is 0 Å². The first kappa shape index (κ1) is 12.4. The van der Waals surface area contributed by atoms with E-state index in [4.69, 9.17) is 4.74 Å². The molecule has 0 aromatic heterocycles. The lowest BCUT2D eigenvalue weighted by Gasteiger charge is -2.45. The van der Waals surface area contributed by atoms with Crippen molar-refractivity contribution in [2.24, 2.45) is 11.3 Å². The summed E-state index contributed by atoms with van der Waals surface area (Å²) >= 11 is 0. The minimum atomic E-state index is 0.123. The monoisotopic (exact) mass is 225 g/mol. The van der Waals surface area contributed by atoms with E-state index in [0.717, 1.165) is 13.2 Å². The number of rotatable bonds is 2. The van der Waals surface area contributed by atoms with Crippen molar-refractivity contribution in [3.8, 4) is 0 Å². The molecule has 2 aliphatic rings. The lowest BCUT2D eigenvalue weighted by Crippen LogP contribution is -2.59. The van der Waals surface area contributed by atoms with Crippen LogP contribution in [0.15, 0.2) is 0 Å². The van der Waals surface area contributed by atoms with Crippen LogP contribution in [-0.4, -0.2) is 24.8 Å². The molecule has 3 atom stereocenters. The highest BCUT2D eigenvalue weighted by molar-refractivity contribution is 5.07. The Balaban J connectivity index is 2.19. The molecule has 0 aromatic carbocycles. The third-order valence-corrected chi connectivity index (χ3v) is 4.48. The second-order valence-electron chi connectivity index (χ2n) is 6.54. The van der Waals surface area contributed by atoms with Crippen molar-refractivity contribution in [3.05, 3.63) is 0 Å². The second-order valence-corrected chi connectivity index (χ2v) is 6.54. The maximum Gasteiger partial charge on any atom is 0.0865 e.